The van der Waals surface area contributed by atoms with E-state index in [9.17, 15) is 18.5 Å². The number of hydrogen-bond acceptors (Lipinski definition) is 5. The standard InChI is InChI=1S/C19H23N3O4S/c1-2-15-3-7-17(8-4-15)19-13-20-11-12-21(19)27(25,26)14-16-5-9-18(10-6-16)22(23)24/h3-10,19-20H,2,11-14H2,1H3. The Labute approximate surface area is 159 Å². The Morgan fingerprint density at radius 1 is 1.11 bits per heavy atom. The molecule has 1 unspecified atom stereocenters. The molecule has 1 heterocycles. The first-order chi connectivity index (χ1) is 12.9. The molecule has 2 aromatic rings. The molecule has 8 heteroatoms. The van der Waals surface area contributed by atoms with Crippen molar-refractivity contribution in [2.75, 3.05) is 19.6 Å². The molecule has 1 atom stereocenters. The molecule has 1 fully saturated rings. The van der Waals surface area contributed by atoms with Crippen LogP contribution in [-0.2, 0) is 22.2 Å². The van der Waals surface area contributed by atoms with Crippen molar-refractivity contribution in [3.05, 3.63) is 75.3 Å². The van der Waals surface area contributed by atoms with E-state index < -0.39 is 14.9 Å². The lowest BCUT2D eigenvalue weighted by Gasteiger charge is -2.35. The highest BCUT2D eigenvalue weighted by Gasteiger charge is 2.33. The van der Waals surface area contributed by atoms with Gasteiger partial charge in [-0.3, -0.25) is 10.1 Å². The largest absolute Gasteiger partial charge is 0.313 e. The van der Waals surface area contributed by atoms with Gasteiger partial charge in [-0.1, -0.05) is 43.3 Å². The number of nitro benzene ring substituents is 1. The summed E-state index contributed by atoms with van der Waals surface area (Å²) in [4.78, 5) is 10.3. The quantitative estimate of drug-likeness (QED) is 0.606. The lowest BCUT2D eigenvalue weighted by Crippen LogP contribution is -2.48. The average Bonchev–Trinajstić information content (AvgIpc) is 2.68. The third kappa shape index (κ3) is 4.52. The van der Waals surface area contributed by atoms with Gasteiger partial charge in [0, 0.05) is 31.8 Å². The fourth-order valence-electron chi connectivity index (χ4n) is 3.29. The summed E-state index contributed by atoms with van der Waals surface area (Å²) in [6, 6.07) is 13.5. The SMILES string of the molecule is CCc1ccc(C2CNCCN2S(=O)(=O)Cc2ccc([N+](=O)[O-])cc2)cc1. The van der Waals surface area contributed by atoms with E-state index in [0.717, 1.165) is 12.0 Å². The van der Waals surface area contributed by atoms with E-state index in [0.29, 0.717) is 25.2 Å². The maximum Gasteiger partial charge on any atom is 0.269 e. The fraction of sp³-hybridized carbons (Fsp3) is 0.368. The number of non-ortho nitro benzene ring substituents is 1. The van der Waals surface area contributed by atoms with Gasteiger partial charge in [0.1, 0.15) is 0 Å². The van der Waals surface area contributed by atoms with Crippen LogP contribution in [0, 0.1) is 10.1 Å². The summed E-state index contributed by atoms with van der Waals surface area (Å²) in [5.41, 5.74) is 2.67. The van der Waals surface area contributed by atoms with Crippen LogP contribution in [0.4, 0.5) is 5.69 Å². The summed E-state index contributed by atoms with van der Waals surface area (Å²) in [5, 5.41) is 14.0. The van der Waals surface area contributed by atoms with Crippen molar-refractivity contribution in [3.63, 3.8) is 0 Å². The van der Waals surface area contributed by atoms with Crippen LogP contribution >= 0.6 is 0 Å². The zero-order valence-electron chi connectivity index (χ0n) is 15.2. The van der Waals surface area contributed by atoms with Crippen molar-refractivity contribution in [2.24, 2.45) is 0 Å². The number of nitro groups is 1. The first-order valence-corrected chi connectivity index (χ1v) is 10.5. The Hall–Kier alpha value is -2.29. The fourth-order valence-corrected chi connectivity index (χ4v) is 5.02. The zero-order valence-corrected chi connectivity index (χ0v) is 16.0. The second-order valence-corrected chi connectivity index (χ2v) is 8.53. The molecular weight excluding hydrogens is 366 g/mol. The lowest BCUT2D eigenvalue weighted by molar-refractivity contribution is -0.384. The molecule has 3 rings (SSSR count). The highest BCUT2D eigenvalue weighted by Crippen LogP contribution is 2.27. The summed E-state index contributed by atoms with van der Waals surface area (Å²) < 4.78 is 27.6. The van der Waals surface area contributed by atoms with Gasteiger partial charge in [0.15, 0.2) is 0 Å². The van der Waals surface area contributed by atoms with Crippen molar-refractivity contribution >= 4 is 15.7 Å². The van der Waals surface area contributed by atoms with E-state index in [1.807, 2.05) is 24.3 Å². The third-order valence-corrected chi connectivity index (χ3v) is 6.67. The minimum absolute atomic E-state index is 0.0489. The molecular formula is C19H23N3O4S. The second-order valence-electron chi connectivity index (χ2n) is 6.61. The van der Waals surface area contributed by atoms with Crippen molar-refractivity contribution in [1.29, 1.82) is 0 Å². The number of nitrogens with one attached hydrogen (secondary N) is 1. The normalized spacial score (nSPS) is 18.3. The number of sulfonamides is 1. The summed E-state index contributed by atoms with van der Waals surface area (Å²) >= 11 is 0. The Morgan fingerprint density at radius 3 is 2.33 bits per heavy atom. The predicted molar refractivity (Wildman–Crippen MR) is 104 cm³/mol. The van der Waals surface area contributed by atoms with Gasteiger partial charge in [0.05, 0.1) is 16.7 Å². The van der Waals surface area contributed by atoms with Gasteiger partial charge in [-0.15, -0.1) is 0 Å². The van der Waals surface area contributed by atoms with Crippen LogP contribution in [0.5, 0.6) is 0 Å². The van der Waals surface area contributed by atoms with Crippen LogP contribution < -0.4 is 5.32 Å². The molecule has 1 aliphatic heterocycles. The van der Waals surface area contributed by atoms with E-state index in [1.165, 1.54) is 29.8 Å². The van der Waals surface area contributed by atoms with Crippen LogP contribution in [0.25, 0.3) is 0 Å². The average molecular weight is 389 g/mol. The summed E-state index contributed by atoms with van der Waals surface area (Å²) in [7, 11) is -3.56. The molecule has 0 aromatic heterocycles. The Balaban J connectivity index is 1.82. The van der Waals surface area contributed by atoms with Gasteiger partial charge < -0.3 is 5.32 Å². The van der Waals surface area contributed by atoms with Crippen LogP contribution in [-0.4, -0.2) is 37.3 Å². The molecule has 0 radical (unpaired) electrons. The van der Waals surface area contributed by atoms with E-state index in [-0.39, 0.29) is 17.5 Å². The maximum absolute atomic E-state index is 13.0. The van der Waals surface area contributed by atoms with Crippen LogP contribution in [0.3, 0.4) is 0 Å². The number of aryl methyl sites for hydroxylation is 1. The van der Waals surface area contributed by atoms with E-state index >= 15 is 0 Å². The number of benzene rings is 2. The summed E-state index contributed by atoms with van der Waals surface area (Å²) in [6.45, 7) is 3.64. The molecule has 1 N–H and O–H groups in total. The van der Waals surface area contributed by atoms with Crippen molar-refractivity contribution < 1.29 is 13.3 Å². The molecule has 0 saturated carbocycles. The van der Waals surface area contributed by atoms with Crippen LogP contribution in [0.1, 0.15) is 29.7 Å². The molecule has 0 spiro atoms. The van der Waals surface area contributed by atoms with Gasteiger partial charge in [-0.2, -0.15) is 4.31 Å². The van der Waals surface area contributed by atoms with Gasteiger partial charge in [-0.05, 0) is 23.1 Å². The summed E-state index contributed by atoms with van der Waals surface area (Å²) in [5.74, 6) is -0.172. The van der Waals surface area contributed by atoms with Crippen molar-refractivity contribution in [2.45, 2.75) is 25.1 Å². The molecule has 0 amide bonds. The molecule has 144 valence electrons. The number of rotatable bonds is 6. The Kier molecular flexibility index (Phi) is 5.88. The lowest BCUT2D eigenvalue weighted by atomic mass is 10.0. The first-order valence-electron chi connectivity index (χ1n) is 8.93. The minimum Gasteiger partial charge on any atom is -0.313 e. The second kappa shape index (κ2) is 8.16. The number of nitrogens with zero attached hydrogens (tertiary/aromatic N) is 2. The van der Waals surface area contributed by atoms with E-state index in [1.54, 1.807) is 4.31 Å². The van der Waals surface area contributed by atoms with Gasteiger partial charge >= 0.3 is 0 Å². The molecule has 2 aromatic carbocycles. The highest BCUT2D eigenvalue weighted by atomic mass is 32.2. The van der Waals surface area contributed by atoms with Gasteiger partial charge in [0.25, 0.3) is 5.69 Å². The van der Waals surface area contributed by atoms with E-state index in [4.69, 9.17) is 0 Å². The maximum atomic E-state index is 13.0. The first kappa shape index (κ1) is 19.5. The molecule has 0 aliphatic carbocycles. The molecule has 1 saturated heterocycles. The Bertz CT molecular complexity index is 896. The highest BCUT2D eigenvalue weighted by molar-refractivity contribution is 7.88. The number of piperazine rings is 1. The summed E-state index contributed by atoms with van der Waals surface area (Å²) in [6.07, 6.45) is 0.936. The smallest absolute Gasteiger partial charge is 0.269 e. The molecule has 0 bridgehead atoms. The number of hydrogen-bond donors (Lipinski definition) is 1. The Morgan fingerprint density at radius 2 is 1.74 bits per heavy atom. The predicted octanol–water partition coefficient (Wildman–Crippen LogP) is 2.63. The molecule has 1 aliphatic rings. The van der Waals surface area contributed by atoms with Crippen molar-refractivity contribution in [1.82, 2.24) is 9.62 Å². The minimum atomic E-state index is -3.56. The van der Waals surface area contributed by atoms with Gasteiger partial charge in [0.2, 0.25) is 10.0 Å². The third-order valence-electron chi connectivity index (χ3n) is 4.82. The zero-order chi connectivity index (χ0) is 19.4. The van der Waals surface area contributed by atoms with Gasteiger partial charge in [-0.25, -0.2) is 8.42 Å². The topological polar surface area (TPSA) is 92.6 Å². The van der Waals surface area contributed by atoms with Crippen LogP contribution in [0.2, 0.25) is 0 Å². The van der Waals surface area contributed by atoms with E-state index in [2.05, 4.69) is 12.2 Å². The van der Waals surface area contributed by atoms with Crippen molar-refractivity contribution in [3.8, 4) is 0 Å². The van der Waals surface area contributed by atoms with Crippen LogP contribution in [0.15, 0.2) is 48.5 Å². The monoisotopic (exact) mass is 389 g/mol. The molecule has 27 heavy (non-hydrogen) atoms. The molecule has 7 nitrogen and oxygen atoms in total.